The van der Waals surface area contributed by atoms with Crippen molar-refractivity contribution in [3.05, 3.63) is 53.7 Å². The number of nitrogens with zero attached hydrogens (tertiary/aromatic N) is 1. The van der Waals surface area contributed by atoms with Crippen molar-refractivity contribution in [3.63, 3.8) is 0 Å². The van der Waals surface area contributed by atoms with Gasteiger partial charge in [-0.2, -0.15) is 0 Å². The highest BCUT2D eigenvalue weighted by Crippen LogP contribution is 2.19. The van der Waals surface area contributed by atoms with Gasteiger partial charge < -0.3 is 10.4 Å². The van der Waals surface area contributed by atoms with E-state index in [1.807, 2.05) is 0 Å². The molecule has 1 aromatic carbocycles. The largest absolute Gasteiger partial charge is 0.477 e. The van der Waals surface area contributed by atoms with Crippen LogP contribution in [0.3, 0.4) is 0 Å². The quantitative estimate of drug-likeness (QED) is 0.879. The van der Waals surface area contributed by atoms with Gasteiger partial charge in [-0.15, -0.1) is 0 Å². The Morgan fingerprint density at radius 2 is 2.00 bits per heavy atom. The third kappa shape index (κ3) is 2.60. The Hall–Kier alpha value is -2.50. The lowest BCUT2D eigenvalue weighted by atomic mass is 10.3. The van der Waals surface area contributed by atoms with Crippen molar-refractivity contribution in [1.29, 1.82) is 0 Å². The summed E-state index contributed by atoms with van der Waals surface area (Å²) < 4.78 is 26.0. The minimum absolute atomic E-state index is 0.0199. The smallest absolute Gasteiger partial charge is 0.354 e. The van der Waals surface area contributed by atoms with Gasteiger partial charge in [-0.05, 0) is 24.3 Å². The second-order valence-electron chi connectivity index (χ2n) is 3.46. The number of hydrogen-bond donors (Lipinski definition) is 2. The summed E-state index contributed by atoms with van der Waals surface area (Å²) in [6.07, 6.45) is 0. The van der Waals surface area contributed by atoms with E-state index in [0.717, 1.165) is 12.1 Å². The van der Waals surface area contributed by atoms with Gasteiger partial charge in [0.25, 0.3) is 0 Å². The van der Waals surface area contributed by atoms with Crippen LogP contribution in [-0.4, -0.2) is 16.1 Å². The van der Waals surface area contributed by atoms with Crippen LogP contribution in [0.1, 0.15) is 10.5 Å². The van der Waals surface area contributed by atoms with E-state index in [1.165, 1.54) is 24.3 Å². The van der Waals surface area contributed by atoms with Crippen molar-refractivity contribution >= 4 is 17.5 Å². The summed E-state index contributed by atoms with van der Waals surface area (Å²) in [5.41, 5.74) is -0.144. The molecule has 0 saturated heterocycles. The van der Waals surface area contributed by atoms with Crippen LogP contribution in [-0.2, 0) is 0 Å². The Labute approximate surface area is 101 Å². The Bertz CT molecular complexity index is 602. The second kappa shape index (κ2) is 4.79. The zero-order chi connectivity index (χ0) is 13.1. The molecule has 0 bridgehead atoms. The van der Waals surface area contributed by atoms with Gasteiger partial charge in [0.1, 0.15) is 17.5 Å². The number of carbonyl (C=O) groups is 1. The Balaban J connectivity index is 2.28. The van der Waals surface area contributed by atoms with E-state index in [-0.39, 0.29) is 17.2 Å². The summed E-state index contributed by atoms with van der Waals surface area (Å²) in [6, 6.07) is 7.29. The first kappa shape index (κ1) is 12.0. The molecule has 4 nitrogen and oxygen atoms in total. The summed E-state index contributed by atoms with van der Waals surface area (Å²) in [5, 5.41) is 11.3. The molecular weight excluding hydrogens is 242 g/mol. The molecule has 0 atom stereocenters. The maximum atomic E-state index is 13.3. The van der Waals surface area contributed by atoms with Crippen molar-refractivity contribution in [3.8, 4) is 0 Å². The molecule has 0 radical (unpaired) electrons. The number of aromatic carboxylic acids is 1. The van der Waals surface area contributed by atoms with Gasteiger partial charge in [0, 0.05) is 6.07 Å². The Morgan fingerprint density at radius 1 is 1.22 bits per heavy atom. The van der Waals surface area contributed by atoms with E-state index >= 15 is 0 Å². The van der Waals surface area contributed by atoms with E-state index in [4.69, 9.17) is 5.11 Å². The van der Waals surface area contributed by atoms with Crippen molar-refractivity contribution < 1.29 is 18.7 Å². The van der Waals surface area contributed by atoms with Crippen molar-refractivity contribution in [2.45, 2.75) is 0 Å². The Morgan fingerprint density at radius 3 is 2.67 bits per heavy atom. The summed E-state index contributed by atoms with van der Waals surface area (Å²) in [5.74, 6) is -2.48. The molecule has 0 amide bonds. The summed E-state index contributed by atoms with van der Waals surface area (Å²) in [4.78, 5) is 14.5. The van der Waals surface area contributed by atoms with Crippen molar-refractivity contribution in [2.24, 2.45) is 0 Å². The number of aromatic nitrogens is 1. The molecular formula is C12H8F2N2O2. The number of anilines is 2. The lowest BCUT2D eigenvalue weighted by Crippen LogP contribution is -2.03. The van der Waals surface area contributed by atoms with Gasteiger partial charge in [0.15, 0.2) is 5.69 Å². The predicted octanol–water partition coefficient (Wildman–Crippen LogP) is 2.80. The lowest BCUT2D eigenvalue weighted by molar-refractivity contribution is 0.0690. The van der Waals surface area contributed by atoms with E-state index < -0.39 is 17.6 Å². The number of pyridine rings is 1. The predicted molar refractivity (Wildman–Crippen MR) is 60.8 cm³/mol. The number of benzene rings is 1. The monoisotopic (exact) mass is 250 g/mol. The molecule has 2 rings (SSSR count). The zero-order valence-corrected chi connectivity index (χ0v) is 9.02. The fourth-order valence-electron chi connectivity index (χ4n) is 1.35. The maximum absolute atomic E-state index is 13.3. The van der Waals surface area contributed by atoms with Gasteiger partial charge in [-0.3, -0.25) is 0 Å². The third-order valence-corrected chi connectivity index (χ3v) is 2.16. The molecule has 0 aliphatic heterocycles. The molecule has 6 heteroatoms. The highest BCUT2D eigenvalue weighted by molar-refractivity contribution is 5.85. The topological polar surface area (TPSA) is 62.2 Å². The number of rotatable bonds is 3. The highest BCUT2D eigenvalue weighted by atomic mass is 19.1. The number of hydrogen-bond acceptors (Lipinski definition) is 3. The van der Waals surface area contributed by atoms with Gasteiger partial charge in [-0.1, -0.05) is 6.07 Å². The van der Waals surface area contributed by atoms with Gasteiger partial charge in [0.2, 0.25) is 0 Å². The lowest BCUT2D eigenvalue weighted by Gasteiger charge is -2.07. The standard InChI is InChI=1S/C12H8F2N2O2/c13-7-4-5-9(8(14)6-7)15-11-3-1-2-10(16-11)12(17)18/h1-6H,(H,15,16)(H,17,18). The molecule has 0 fully saturated rings. The van der Waals surface area contributed by atoms with Crippen LogP contribution in [0.25, 0.3) is 0 Å². The minimum atomic E-state index is -1.18. The number of carboxylic acids is 1. The van der Waals surface area contributed by atoms with E-state index in [9.17, 15) is 13.6 Å². The number of nitrogens with one attached hydrogen (secondary N) is 1. The van der Waals surface area contributed by atoms with E-state index in [1.54, 1.807) is 0 Å². The van der Waals surface area contributed by atoms with Gasteiger partial charge >= 0.3 is 5.97 Å². The van der Waals surface area contributed by atoms with Crippen LogP contribution in [0.4, 0.5) is 20.3 Å². The molecule has 0 spiro atoms. The first-order valence-corrected chi connectivity index (χ1v) is 4.98. The minimum Gasteiger partial charge on any atom is -0.477 e. The summed E-state index contributed by atoms with van der Waals surface area (Å²) in [6.45, 7) is 0. The van der Waals surface area contributed by atoms with Crippen LogP contribution in [0, 0.1) is 11.6 Å². The molecule has 0 unspecified atom stereocenters. The first-order chi connectivity index (χ1) is 8.56. The summed E-state index contributed by atoms with van der Waals surface area (Å²) in [7, 11) is 0. The van der Waals surface area contributed by atoms with Crippen molar-refractivity contribution in [1.82, 2.24) is 4.98 Å². The van der Waals surface area contributed by atoms with Crippen LogP contribution in [0.15, 0.2) is 36.4 Å². The molecule has 0 aliphatic rings. The Kier molecular flexibility index (Phi) is 3.18. The van der Waals surface area contributed by atoms with Gasteiger partial charge in [-0.25, -0.2) is 18.6 Å². The first-order valence-electron chi connectivity index (χ1n) is 4.98. The number of halogens is 2. The molecule has 0 aliphatic carbocycles. The molecule has 2 aromatic rings. The number of carboxylic acid groups (broad SMARTS) is 1. The molecule has 18 heavy (non-hydrogen) atoms. The van der Waals surface area contributed by atoms with E-state index in [2.05, 4.69) is 10.3 Å². The van der Waals surface area contributed by atoms with Crippen LogP contribution in [0.2, 0.25) is 0 Å². The fourth-order valence-corrected chi connectivity index (χ4v) is 1.35. The highest BCUT2D eigenvalue weighted by Gasteiger charge is 2.07. The van der Waals surface area contributed by atoms with Crippen molar-refractivity contribution in [2.75, 3.05) is 5.32 Å². The average Bonchev–Trinajstić information content (AvgIpc) is 2.33. The molecule has 1 heterocycles. The second-order valence-corrected chi connectivity index (χ2v) is 3.46. The third-order valence-electron chi connectivity index (χ3n) is 2.16. The van der Waals surface area contributed by atoms with Crippen LogP contribution in [0.5, 0.6) is 0 Å². The maximum Gasteiger partial charge on any atom is 0.354 e. The zero-order valence-electron chi connectivity index (χ0n) is 9.02. The van der Waals surface area contributed by atoms with E-state index in [0.29, 0.717) is 0 Å². The average molecular weight is 250 g/mol. The molecule has 92 valence electrons. The normalized spacial score (nSPS) is 10.1. The molecule has 2 N–H and O–H groups in total. The summed E-state index contributed by atoms with van der Waals surface area (Å²) >= 11 is 0. The molecule has 0 saturated carbocycles. The SMILES string of the molecule is O=C(O)c1cccc(Nc2ccc(F)cc2F)n1. The molecule has 1 aromatic heterocycles. The van der Waals surface area contributed by atoms with Crippen LogP contribution >= 0.6 is 0 Å². The van der Waals surface area contributed by atoms with Crippen LogP contribution < -0.4 is 5.32 Å². The van der Waals surface area contributed by atoms with Gasteiger partial charge in [0.05, 0.1) is 5.69 Å². The fraction of sp³-hybridized carbons (Fsp3) is 0.